The van der Waals surface area contributed by atoms with Crippen molar-refractivity contribution in [2.24, 2.45) is 0 Å². The van der Waals surface area contributed by atoms with Gasteiger partial charge in [-0.2, -0.15) is 0 Å². The molecule has 2 N–H and O–H groups in total. The van der Waals surface area contributed by atoms with E-state index >= 15 is 0 Å². The summed E-state index contributed by atoms with van der Waals surface area (Å²) in [5.74, 6) is 0. The van der Waals surface area contributed by atoms with Crippen molar-refractivity contribution in [1.82, 2.24) is 25.6 Å². The first-order valence-corrected chi connectivity index (χ1v) is 8.06. The van der Waals surface area contributed by atoms with Gasteiger partial charge in [-0.1, -0.05) is 11.3 Å². The van der Waals surface area contributed by atoms with Crippen LogP contribution in [0, 0.1) is 0 Å². The van der Waals surface area contributed by atoms with Crippen molar-refractivity contribution in [2.75, 3.05) is 0 Å². The lowest BCUT2D eigenvalue weighted by Gasteiger charge is -2.04. The summed E-state index contributed by atoms with van der Waals surface area (Å²) < 4.78 is 1.70. The van der Waals surface area contributed by atoms with E-state index in [4.69, 9.17) is 0 Å². The van der Waals surface area contributed by atoms with Crippen LogP contribution in [0.25, 0.3) is 5.00 Å². The van der Waals surface area contributed by atoms with Crippen molar-refractivity contribution in [3.63, 3.8) is 0 Å². The van der Waals surface area contributed by atoms with Gasteiger partial charge < -0.3 is 10.6 Å². The maximum absolute atomic E-state index is 11.7. The highest BCUT2D eigenvalue weighted by molar-refractivity contribution is 7.12. The van der Waals surface area contributed by atoms with Crippen LogP contribution in [-0.2, 0) is 13.1 Å². The molecular formula is C13H13N5OS2. The lowest BCUT2D eigenvalue weighted by Crippen LogP contribution is -2.34. The maximum Gasteiger partial charge on any atom is 0.315 e. The zero-order chi connectivity index (χ0) is 14.5. The van der Waals surface area contributed by atoms with Crippen LogP contribution in [0.2, 0.25) is 0 Å². The first kappa shape index (κ1) is 13.8. The number of amides is 2. The van der Waals surface area contributed by atoms with Gasteiger partial charge in [0.25, 0.3) is 0 Å². The summed E-state index contributed by atoms with van der Waals surface area (Å²) >= 11 is 3.20. The fourth-order valence-electron chi connectivity index (χ4n) is 1.70. The second-order valence-corrected chi connectivity index (χ2v) is 6.18. The van der Waals surface area contributed by atoms with Crippen LogP contribution >= 0.6 is 22.7 Å². The summed E-state index contributed by atoms with van der Waals surface area (Å²) in [5.41, 5.74) is 0.717. The molecule has 108 valence electrons. The van der Waals surface area contributed by atoms with Gasteiger partial charge in [0.15, 0.2) is 0 Å². The Labute approximate surface area is 129 Å². The maximum atomic E-state index is 11.7. The topological polar surface area (TPSA) is 71.8 Å². The van der Waals surface area contributed by atoms with E-state index in [1.165, 1.54) is 0 Å². The summed E-state index contributed by atoms with van der Waals surface area (Å²) in [7, 11) is 0. The molecule has 0 aliphatic carbocycles. The number of carbonyl (C=O) groups is 1. The molecule has 3 aromatic heterocycles. The average Bonchev–Trinajstić information content (AvgIpc) is 3.24. The van der Waals surface area contributed by atoms with Gasteiger partial charge in [-0.25, -0.2) is 9.48 Å². The van der Waals surface area contributed by atoms with Gasteiger partial charge >= 0.3 is 6.03 Å². The lowest BCUT2D eigenvalue weighted by molar-refractivity contribution is 0.240. The van der Waals surface area contributed by atoms with Gasteiger partial charge in [0, 0.05) is 4.88 Å². The third-order valence-electron chi connectivity index (χ3n) is 2.71. The molecule has 8 heteroatoms. The van der Waals surface area contributed by atoms with Crippen molar-refractivity contribution in [1.29, 1.82) is 0 Å². The van der Waals surface area contributed by atoms with Gasteiger partial charge in [0.2, 0.25) is 0 Å². The van der Waals surface area contributed by atoms with Crippen molar-refractivity contribution in [3.8, 4) is 5.00 Å². The Kier molecular flexibility index (Phi) is 4.27. The Morgan fingerprint density at radius 1 is 1.14 bits per heavy atom. The molecular weight excluding hydrogens is 306 g/mol. The fraction of sp³-hybridized carbons (Fsp3) is 0.154. The van der Waals surface area contributed by atoms with Crippen molar-refractivity contribution >= 4 is 28.7 Å². The first-order valence-electron chi connectivity index (χ1n) is 6.30. The monoisotopic (exact) mass is 319 g/mol. The Balaban J connectivity index is 1.47. The van der Waals surface area contributed by atoms with E-state index in [0.29, 0.717) is 13.1 Å². The molecule has 0 fully saturated rings. The smallest absolute Gasteiger partial charge is 0.315 e. The molecule has 0 aromatic carbocycles. The number of aromatic nitrogens is 3. The third-order valence-corrected chi connectivity index (χ3v) is 4.44. The van der Waals surface area contributed by atoms with Crippen LogP contribution in [-0.4, -0.2) is 21.0 Å². The van der Waals surface area contributed by atoms with Gasteiger partial charge in [0.1, 0.15) is 10.7 Å². The first-order chi connectivity index (χ1) is 10.3. The number of urea groups is 1. The van der Waals surface area contributed by atoms with Crippen molar-refractivity contribution in [2.45, 2.75) is 13.1 Å². The van der Waals surface area contributed by atoms with Crippen LogP contribution in [0.4, 0.5) is 4.79 Å². The molecule has 0 atom stereocenters. The van der Waals surface area contributed by atoms with E-state index in [9.17, 15) is 4.79 Å². The van der Waals surface area contributed by atoms with E-state index in [2.05, 4.69) is 20.9 Å². The minimum Gasteiger partial charge on any atom is -0.333 e. The number of hydrogen-bond acceptors (Lipinski definition) is 5. The molecule has 0 radical (unpaired) electrons. The molecule has 21 heavy (non-hydrogen) atoms. The molecule has 0 bridgehead atoms. The molecule has 0 aliphatic rings. The molecule has 0 saturated heterocycles. The van der Waals surface area contributed by atoms with Gasteiger partial charge in [0.05, 0.1) is 19.3 Å². The largest absolute Gasteiger partial charge is 0.333 e. The Hall–Kier alpha value is -2.19. The number of nitrogens with zero attached hydrogens (tertiary/aromatic N) is 3. The molecule has 3 aromatic rings. The third kappa shape index (κ3) is 3.67. The molecule has 3 heterocycles. The number of hydrogen-bond donors (Lipinski definition) is 2. The van der Waals surface area contributed by atoms with Crippen LogP contribution in [0.15, 0.2) is 41.2 Å². The van der Waals surface area contributed by atoms with Crippen molar-refractivity contribution < 1.29 is 4.79 Å². The van der Waals surface area contributed by atoms with Crippen LogP contribution in [0.3, 0.4) is 0 Å². The summed E-state index contributed by atoms with van der Waals surface area (Å²) in [4.78, 5) is 12.8. The second kappa shape index (κ2) is 6.51. The van der Waals surface area contributed by atoms with E-state index in [1.54, 1.807) is 27.4 Å². The van der Waals surface area contributed by atoms with Crippen LogP contribution in [0.1, 0.15) is 10.6 Å². The number of thiophene rings is 2. The minimum absolute atomic E-state index is 0.214. The number of nitrogens with one attached hydrogen (secondary N) is 2. The molecule has 6 nitrogen and oxygen atoms in total. The number of carbonyl (C=O) groups excluding carboxylic acids is 1. The predicted molar refractivity (Wildman–Crippen MR) is 82.6 cm³/mol. The summed E-state index contributed by atoms with van der Waals surface area (Å²) in [5, 5.41) is 18.6. The van der Waals surface area contributed by atoms with Crippen LogP contribution in [0.5, 0.6) is 0 Å². The number of rotatable bonds is 5. The molecule has 0 aliphatic heterocycles. The summed E-state index contributed by atoms with van der Waals surface area (Å²) in [6.07, 6.45) is 1.81. The normalized spacial score (nSPS) is 10.5. The van der Waals surface area contributed by atoms with Crippen molar-refractivity contribution in [3.05, 3.63) is 51.8 Å². The Morgan fingerprint density at radius 2 is 1.95 bits per heavy atom. The highest BCUT2D eigenvalue weighted by atomic mass is 32.1. The van der Waals surface area contributed by atoms with Gasteiger partial charge in [-0.3, -0.25) is 0 Å². The highest BCUT2D eigenvalue weighted by Crippen LogP contribution is 2.13. The van der Waals surface area contributed by atoms with Crippen LogP contribution < -0.4 is 10.6 Å². The molecule has 0 saturated carbocycles. The highest BCUT2D eigenvalue weighted by Gasteiger charge is 2.06. The standard InChI is InChI=1S/C13H13N5OS2/c19-13(15-8-11-3-1-5-20-11)14-7-10-9-18(17-16-10)12-4-2-6-21-12/h1-6,9H,7-8H2,(H2,14,15,19). The second-order valence-electron chi connectivity index (χ2n) is 4.22. The molecule has 0 unspecified atom stereocenters. The summed E-state index contributed by atoms with van der Waals surface area (Å²) in [6, 6.07) is 7.65. The van der Waals surface area contributed by atoms with Gasteiger partial charge in [-0.05, 0) is 29.0 Å². The summed E-state index contributed by atoms with van der Waals surface area (Å²) in [6.45, 7) is 0.882. The predicted octanol–water partition coefficient (Wildman–Crippen LogP) is 2.39. The fourth-order valence-corrected chi connectivity index (χ4v) is 3.00. The zero-order valence-corrected chi connectivity index (χ0v) is 12.7. The Bertz CT molecular complexity index is 690. The van der Waals surface area contributed by atoms with E-state index < -0.39 is 0 Å². The minimum atomic E-state index is -0.214. The molecule has 0 spiro atoms. The molecule has 2 amide bonds. The van der Waals surface area contributed by atoms with E-state index in [0.717, 1.165) is 15.6 Å². The lowest BCUT2D eigenvalue weighted by atomic mass is 10.4. The van der Waals surface area contributed by atoms with E-state index in [1.807, 2.05) is 41.2 Å². The quantitative estimate of drug-likeness (QED) is 0.758. The Morgan fingerprint density at radius 3 is 2.71 bits per heavy atom. The van der Waals surface area contributed by atoms with E-state index in [-0.39, 0.29) is 6.03 Å². The average molecular weight is 319 g/mol. The zero-order valence-electron chi connectivity index (χ0n) is 11.0. The van der Waals surface area contributed by atoms with Gasteiger partial charge in [-0.15, -0.1) is 27.8 Å². The SMILES string of the molecule is O=C(NCc1cn(-c2cccs2)nn1)NCc1cccs1. The molecule has 3 rings (SSSR count).